The van der Waals surface area contributed by atoms with E-state index in [-0.39, 0.29) is 42.3 Å². The van der Waals surface area contributed by atoms with Crippen molar-refractivity contribution < 1.29 is 19.0 Å². The summed E-state index contributed by atoms with van der Waals surface area (Å²) in [5.41, 5.74) is 2.80. The maximum atomic E-state index is 14.2. The van der Waals surface area contributed by atoms with E-state index in [0.717, 1.165) is 11.1 Å². The van der Waals surface area contributed by atoms with Gasteiger partial charge in [-0.05, 0) is 37.2 Å². The molecule has 3 aromatic rings. The number of rotatable bonds is 8. The minimum atomic E-state index is -0.360. The van der Waals surface area contributed by atoms with Crippen LogP contribution in [-0.4, -0.2) is 64.7 Å². The van der Waals surface area contributed by atoms with E-state index < -0.39 is 0 Å². The van der Waals surface area contributed by atoms with Crippen LogP contribution in [0.4, 0.5) is 4.39 Å². The second kappa shape index (κ2) is 12.1. The van der Waals surface area contributed by atoms with Crippen molar-refractivity contribution >= 4 is 18.1 Å². The van der Waals surface area contributed by atoms with Gasteiger partial charge in [-0.25, -0.2) is 9.37 Å². The fourth-order valence-electron chi connectivity index (χ4n) is 4.47. The van der Waals surface area contributed by atoms with Crippen LogP contribution < -0.4 is 4.74 Å². The summed E-state index contributed by atoms with van der Waals surface area (Å²) in [4.78, 5) is 21.8. The third-order valence-electron chi connectivity index (χ3n) is 6.70. The van der Waals surface area contributed by atoms with Gasteiger partial charge >= 0.3 is 0 Å². The average Bonchev–Trinajstić information content (AvgIpc) is 2.91. The van der Waals surface area contributed by atoms with Gasteiger partial charge in [0.2, 0.25) is 5.88 Å². The number of aliphatic hydroxyl groups excluding tert-OH is 1. The standard InChI is InChI=1S/C30H34FN3O3/c1-21-17-34(22(2)20-35)30(36)26-15-24(14-13-23-9-5-4-6-10-23)16-32-29(26)37-28(21)19-33(3)18-25-11-7-8-12-27(25)31/h4-16,21-22,28,35H,17-20H2,1-3H3/b14-13+/t21-,22-,28+/m0/s1. The van der Waals surface area contributed by atoms with Crippen molar-refractivity contribution in [1.29, 1.82) is 0 Å². The monoisotopic (exact) mass is 503 g/mol. The number of fused-ring (bicyclic) bond motifs is 1. The van der Waals surface area contributed by atoms with Gasteiger partial charge in [0.25, 0.3) is 5.91 Å². The lowest BCUT2D eigenvalue weighted by atomic mass is 9.99. The van der Waals surface area contributed by atoms with Gasteiger partial charge in [0.15, 0.2) is 0 Å². The highest BCUT2D eigenvalue weighted by Crippen LogP contribution is 2.28. The molecule has 0 fully saturated rings. The SMILES string of the molecule is C[C@H]1CN([C@@H](C)CO)C(=O)c2cc(/C=C/c3ccccc3)cnc2O[C@@H]1CN(C)Cc1ccccc1F. The summed E-state index contributed by atoms with van der Waals surface area (Å²) >= 11 is 0. The summed E-state index contributed by atoms with van der Waals surface area (Å²) in [6.07, 6.45) is 5.28. The number of aromatic nitrogens is 1. The number of hydrogen-bond acceptors (Lipinski definition) is 5. The predicted molar refractivity (Wildman–Crippen MR) is 144 cm³/mol. The molecule has 1 aromatic heterocycles. The van der Waals surface area contributed by atoms with Crippen LogP contribution in [0.1, 0.15) is 40.9 Å². The molecule has 0 unspecified atom stereocenters. The first-order valence-corrected chi connectivity index (χ1v) is 12.6. The smallest absolute Gasteiger partial charge is 0.259 e. The molecule has 1 aliphatic rings. The number of carbonyl (C=O) groups excluding carboxylic acids is 1. The Morgan fingerprint density at radius 3 is 2.59 bits per heavy atom. The fraction of sp³-hybridized carbons (Fsp3) is 0.333. The van der Waals surface area contributed by atoms with Crippen LogP contribution >= 0.6 is 0 Å². The summed E-state index contributed by atoms with van der Waals surface area (Å²) < 4.78 is 20.6. The largest absolute Gasteiger partial charge is 0.472 e. The molecule has 6 nitrogen and oxygen atoms in total. The molecule has 0 radical (unpaired) electrons. The molecule has 1 aliphatic heterocycles. The summed E-state index contributed by atoms with van der Waals surface area (Å²) in [5.74, 6) is -0.233. The molecule has 2 aromatic carbocycles. The number of hydrogen-bond donors (Lipinski definition) is 1. The van der Waals surface area contributed by atoms with E-state index >= 15 is 0 Å². The zero-order valence-electron chi connectivity index (χ0n) is 21.5. The number of nitrogens with zero attached hydrogens (tertiary/aromatic N) is 3. The minimum Gasteiger partial charge on any atom is -0.472 e. The maximum Gasteiger partial charge on any atom is 0.259 e. The number of likely N-dealkylation sites (N-methyl/N-ethyl adjacent to an activating group) is 1. The number of benzene rings is 2. The molecule has 194 valence electrons. The molecular weight excluding hydrogens is 469 g/mol. The van der Waals surface area contributed by atoms with Crippen LogP contribution in [0.3, 0.4) is 0 Å². The van der Waals surface area contributed by atoms with Crippen molar-refractivity contribution in [3.8, 4) is 5.88 Å². The summed E-state index contributed by atoms with van der Waals surface area (Å²) in [5, 5.41) is 9.87. The van der Waals surface area contributed by atoms with Gasteiger partial charge in [0.05, 0.1) is 12.6 Å². The van der Waals surface area contributed by atoms with Crippen molar-refractivity contribution in [1.82, 2.24) is 14.8 Å². The lowest BCUT2D eigenvalue weighted by Gasteiger charge is -2.37. The summed E-state index contributed by atoms with van der Waals surface area (Å²) in [6, 6.07) is 18.1. The van der Waals surface area contributed by atoms with Crippen molar-refractivity contribution in [3.63, 3.8) is 0 Å². The molecule has 37 heavy (non-hydrogen) atoms. The Hall–Kier alpha value is -3.55. The number of ether oxygens (including phenoxy) is 1. The van der Waals surface area contributed by atoms with Gasteiger partial charge in [0.1, 0.15) is 17.5 Å². The zero-order valence-corrected chi connectivity index (χ0v) is 21.5. The second-order valence-corrected chi connectivity index (χ2v) is 9.78. The van der Waals surface area contributed by atoms with E-state index in [2.05, 4.69) is 4.98 Å². The Morgan fingerprint density at radius 2 is 1.86 bits per heavy atom. The molecule has 0 bridgehead atoms. The maximum absolute atomic E-state index is 14.2. The molecule has 0 spiro atoms. The van der Waals surface area contributed by atoms with Crippen LogP contribution in [0.25, 0.3) is 12.2 Å². The van der Waals surface area contributed by atoms with Crippen LogP contribution in [-0.2, 0) is 6.54 Å². The van der Waals surface area contributed by atoms with Gasteiger partial charge in [-0.3, -0.25) is 9.69 Å². The Kier molecular flexibility index (Phi) is 8.69. The molecule has 3 atom stereocenters. The molecule has 2 heterocycles. The second-order valence-electron chi connectivity index (χ2n) is 9.78. The average molecular weight is 504 g/mol. The van der Waals surface area contributed by atoms with Crippen LogP contribution in [0.5, 0.6) is 5.88 Å². The third kappa shape index (κ3) is 6.61. The molecule has 0 aliphatic carbocycles. The normalized spacial score (nSPS) is 18.9. The number of amides is 1. The van der Waals surface area contributed by atoms with Gasteiger partial charge in [0, 0.05) is 37.3 Å². The highest BCUT2D eigenvalue weighted by atomic mass is 19.1. The molecule has 0 saturated carbocycles. The van der Waals surface area contributed by atoms with Crippen molar-refractivity contribution in [2.24, 2.45) is 5.92 Å². The van der Waals surface area contributed by atoms with Gasteiger partial charge in [-0.15, -0.1) is 0 Å². The number of aliphatic hydroxyl groups is 1. The first-order valence-electron chi connectivity index (χ1n) is 12.6. The molecule has 7 heteroatoms. The Labute approximate surface area is 218 Å². The molecule has 4 rings (SSSR count). The highest BCUT2D eigenvalue weighted by Gasteiger charge is 2.34. The highest BCUT2D eigenvalue weighted by molar-refractivity contribution is 5.97. The van der Waals surface area contributed by atoms with Crippen LogP contribution in [0.2, 0.25) is 0 Å². The first kappa shape index (κ1) is 26.5. The molecule has 1 amide bonds. The third-order valence-corrected chi connectivity index (χ3v) is 6.70. The van der Waals surface area contributed by atoms with Gasteiger partial charge in [-0.2, -0.15) is 0 Å². The number of carbonyl (C=O) groups is 1. The summed E-state index contributed by atoms with van der Waals surface area (Å²) in [7, 11) is 1.92. The van der Waals surface area contributed by atoms with Gasteiger partial charge < -0.3 is 14.7 Å². The summed E-state index contributed by atoms with van der Waals surface area (Å²) in [6.45, 7) is 5.07. The molecule has 0 saturated heterocycles. The van der Waals surface area contributed by atoms with E-state index in [1.54, 1.807) is 29.3 Å². The van der Waals surface area contributed by atoms with Gasteiger partial charge in [-0.1, -0.05) is 67.6 Å². The van der Waals surface area contributed by atoms with E-state index in [0.29, 0.717) is 30.8 Å². The Morgan fingerprint density at radius 1 is 1.16 bits per heavy atom. The lowest BCUT2D eigenvalue weighted by Crippen LogP contribution is -2.49. The quantitative estimate of drug-likeness (QED) is 0.481. The van der Waals surface area contributed by atoms with E-state index in [1.807, 2.05) is 74.3 Å². The molecular formula is C30H34FN3O3. The minimum absolute atomic E-state index is 0.0476. The van der Waals surface area contributed by atoms with E-state index in [4.69, 9.17) is 4.74 Å². The topological polar surface area (TPSA) is 65.9 Å². The Bertz CT molecular complexity index is 1230. The zero-order chi connectivity index (χ0) is 26.4. The fourth-order valence-corrected chi connectivity index (χ4v) is 4.47. The van der Waals surface area contributed by atoms with Crippen LogP contribution in [0, 0.1) is 11.7 Å². The van der Waals surface area contributed by atoms with Crippen molar-refractivity contribution in [2.45, 2.75) is 32.5 Å². The number of halogens is 1. The van der Waals surface area contributed by atoms with Crippen molar-refractivity contribution in [3.05, 3.63) is 94.9 Å². The predicted octanol–water partition coefficient (Wildman–Crippen LogP) is 4.74. The van der Waals surface area contributed by atoms with Crippen LogP contribution in [0.15, 0.2) is 66.9 Å². The van der Waals surface area contributed by atoms with E-state index in [9.17, 15) is 14.3 Å². The number of pyridine rings is 1. The Balaban J connectivity index is 1.61. The van der Waals surface area contributed by atoms with E-state index in [1.165, 1.54) is 6.07 Å². The lowest BCUT2D eigenvalue weighted by molar-refractivity contribution is 0.0324. The van der Waals surface area contributed by atoms with Crippen molar-refractivity contribution in [2.75, 3.05) is 26.7 Å². The molecule has 1 N–H and O–H groups in total. The first-order chi connectivity index (χ1) is 17.9.